The smallest absolute Gasteiger partial charge is 0.315 e. The average molecular weight is 284 g/mol. The topological polar surface area (TPSA) is 50.4 Å². The van der Waals surface area contributed by atoms with E-state index >= 15 is 0 Å². The summed E-state index contributed by atoms with van der Waals surface area (Å²) in [6.07, 6.45) is 0. The Morgan fingerprint density at radius 3 is 2.38 bits per heavy atom. The number of urea groups is 1. The van der Waals surface area contributed by atoms with Crippen molar-refractivity contribution in [3.63, 3.8) is 0 Å². The molecule has 4 heteroatoms. The van der Waals surface area contributed by atoms with Gasteiger partial charge in [-0.3, -0.25) is 0 Å². The van der Waals surface area contributed by atoms with E-state index in [0.717, 1.165) is 16.9 Å². The quantitative estimate of drug-likeness (QED) is 0.885. The van der Waals surface area contributed by atoms with Crippen LogP contribution in [0.1, 0.15) is 24.1 Å². The molecule has 0 heterocycles. The Balaban J connectivity index is 1.83. The summed E-state index contributed by atoms with van der Waals surface area (Å²) in [5.41, 5.74) is 2.11. The molecule has 0 fully saturated rings. The van der Waals surface area contributed by atoms with E-state index in [0.29, 0.717) is 6.54 Å². The summed E-state index contributed by atoms with van der Waals surface area (Å²) >= 11 is 0. The Hall–Kier alpha value is -2.49. The summed E-state index contributed by atoms with van der Waals surface area (Å²) in [5.74, 6) is 0.805. The van der Waals surface area contributed by atoms with Gasteiger partial charge in [0.25, 0.3) is 0 Å². The molecule has 0 saturated heterocycles. The van der Waals surface area contributed by atoms with E-state index in [-0.39, 0.29) is 12.1 Å². The Kier molecular flexibility index (Phi) is 5.21. The van der Waals surface area contributed by atoms with Crippen LogP contribution in [0, 0.1) is 0 Å². The van der Waals surface area contributed by atoms with Crippen molar-refractivity contribution in [2.24, 2.45) is 0 Å². The van der Waals surface area contributed by atoms with Gasteiger partial charge in [0.1, 0.15) is 5.75 Å². The molecule has 0 aromatic heterocycles. The zero-order valence-electron chi connectivity index (χ0n) is 12.3. The van der Waals surface area contributed by atoms with Crippen molar-refractivity contribution in [3.05, 3.63) is 65.7 Å². The van der Waals surface area contributed by atoms with Crippen molar-refractivity contribution in [2.45, 2.75) is 19.5 Å². The van der Waals surface area contributed by atoms with Gasteiger partial charge in [0, 0.05) is 6.54 Å². The molecule has 2 amide bonds. The van der Waals surface area contributed by atoms with E-state index in [2.05, 4.69) is 10.6 Å². The number of amides is 2. The van der Waals surface area contributed by atoms with E-state index in [4.69, 9.17) is 4.74 Å². The SMILES string of the molecule is COc1ccc(C(C)NC(=O)NCc2ccccc2)cc1. The Morgan fingerprint density at radius 1 is 1.10 bits per heavy atom. The molecule has 2 aromatic rings. The van der Waals surface area contributed by atoms with Crippen molar-refractivity contribution in [1.82, 2.24) is 10.6 Å². The first-order valence-electron chi connectivity index (χ1n) is 6.91. The van der Waals surface area contributed by atoms with Crippen molar-refractivity contribution in [1.29, 1.82) is 0 Å². The summed E-state index contributed by atoms with van der Waals surface area (Å²) in [6, 6.07) is 17.2. The number of ether oxygens (including phenoxy) is 1. The van der Waals surface area contributed by atoms with Gasteiger partial charge >= 0.3 is 6.03 Å². The van der Waals surface area contributed by atoms with Gasteiger partial charge in [-0.05, 0) is 30.2 Å². The van der Waals surface area contributed by atoms with Crippen molar-refractivity contribution in [3.8, 4) is 5.75 Å². The third-order valence-electron chi connectivity index (χ3n) is 3.26. The Bertz CT molecular complexity index is 567. The minimum atomic E-state index is -0.179. The van der Waals surface area contributed by atoms with E-state index in [1.165, 1.54) is 0 Å². The largest absolute Gasteiger partial charge is 0.497 e. The van der Waals surface area contributed by atoms with Crippen molar-refractivity contribution in [2.75, 3.05) is 7.11 Å². The molecule has 0 aliphatic carbocycles. The van der Waals surface area contributed by atoms with E-state index in [9.17, 15) is 4.79 Å². The highest BCUT2D eigenvalue weighted by Gasteiger charge is 2.09. The monoisotopic (exact) mass is 284 g/mol. The van der Waals surface area contributed by atoms with Crippen LogP contribution in [0.15, 0.2) is 54.6 Å². The van der Waals surface area contributed by atoms with E-state index in [1.54, 1.807) is 7.11 Å². The lowest BCUT2D eigenvalue weighted by molar-refractivity contribution is 0.237. The van der Waals surface area contributed by atoms with Gasteiger partial charge in [-0.2, -0.15) is 0 Å². The summed E-state index contributed by atoms with van der Waals surface area (Å²) < 4.78 is 5.12. The van der Waals surface area contributed by atoms with Crippen molar-refractivity contribution < 1.29 is 9.53 Å². The van der Waals surface area contributed by atoms with Crippen molar-refractivity contribution >= 4 is 6.03 Å². The third kappa shape index (κ3) is 4.53. The number of benzene rings is 2. The van der Waals surface area contributed by atoms with Gasteiger partial charge in [-0.15, -0.1) is 0 Å². The molecule has 0 spiro atoms. The number of hydrogen-bond donors (Lipinski definition) is 2. The predicted molar refractivity (Wildman–Crippen MR) is 83.2 cm³/mol. The zero-order valence-corrected chi connectivity index (χ0v) is 12.3. The molecule has 2 N–H and O–H groups in total. The highest BCUT2D eigenvalue weighted by atomic mass is 16.5. The molecule has 2 rings (SSSR count). The fourth-order valence-corrected chi connectivity index (χ4v) is 2.00. The third-order valence-corrected chi connectivity index (χ3v) is 3.26. The number of carbonyl (C=O) groups is 1. The summed E-state index contributed by atoms with van der Waals surface area (Å²) in [5, 5.41) is 5.76. The standard InChI is InChI=1S/C17H20N2O2/c1-13(15-8-10-16(21-2)11-9-15)19-17(20)18-12-14-6-4-3-5-7-14/h3-11,13H,12H2,1-2H3,(H2,18,19,20). The lowest BCUT2D eigenvalue weighted by Gasteiger charge is -2.15. The van der Waals surface area contributed by atoms with Crippen LogP contribution in [0.3, 0.4) is 0 Å². The van der Waals surface area contributed by atoms with Crippen LogP contribution in [0.4, 0.5) is 4.79 Å². The minimum Gasteiger partial charge on any atom is -0.497 e. The second-order valence-electron chi connectivity index (χ2n) is 4.81. The fraction of sp³-hybridized carbons (Fsp3) is 0.235. The van der Waals surface area contributed by atoms with Gasteiger partial charge in [0.2, 0.25) is 0 Å². The highest BCUT2D eigenvalue weighted by Crippen LogP contribution is 2.17. The number of carbonyl (C=O) groups excluding carboxylic acids is 1. The second-order valence-corrected chi connectivity index (χ2v) is 4.81. The molecule has 0 saturated carbocycles. The van der Waals surface area contributed by atoms with Gasteiger partial charge < -0.3 is 15.4 Å². The first-order chi connectivity index (χ1) is 10.2. The summed E-state index contributed by atoms with van der Waals surface area (Å²) in [6.45, 7) is 2.46. The number of rotatable bonds is 5. The second kappa shape index (κ2) is 7.33. The van der Waals surface area contributed by atoms with Gasteiger partial charge in [-0.25, -0.2) is 4.79 Å². The lowest BCUT2D eigenvalue weighted by atomic mass is 10.1. The van der Waals surface area contributed by atoms with Crippen LogP contribution < -0.4 is 15.4 Å². The minimum absolute atomic E-state index is 0.0633. The molecular formula is C17H20N2O2. The molecule has 21 heavy (non-hydrogen) atoms. The first kappa shape index (κ1) is 14.9. The van der Waals surface area contributed by atoms with Crippen LogP contribution in [0.2, 0.25) is 0 Å². The molecule has 0 aliphatic heterocycles. The maximum atomic E-state index is 11.9. The normalized spacial score (nSPS) is 11.5. The first-order valence-corrected chi connectivity index (χ1v) is 6.91. The van der Waals surface area contributed by atoms with Gasteiger partial charge in [-0.1, -0.05) is 42.5 Å². The van der Waals surface area contributed by atoms with Crippen LogP contribution in [0.25, 0.3) is 0 Å². The molecule has 0 aliphatic rings. The van der Waals surface area contributed by atoms with E-state index < -0.39 is 0 Å². The number of nitrogens with one attached hydrogen (secondary N) is 2. The molecule has 1 unspecified atom stereocenters. The van der Waals surface area contributed by atoms with Crippen LogP contribution >= 0.6 is 0 Å². The fourth-order valence-electron chi connectivity index (χ4n) is 2.00. The van der Waals surface area contributed by atoms with Gasteiger partial charge in [0.15, 0.2) is 0 Å². The van der Waals surface area contributed by atoms with Gasteiger partial charge in [0.05, 0.1) is 13.2 Å². The Labute approximate surface area is 125 Å². The highest BCUT2D eigenvalue weighted by molar-refractivity contribution is 5.74. The summed E-state index contributed by atoms with van der Waals surface area (Å²) in [7, 11) is 1.63. The molecule has 2 aromatic carbocycles. The number of hydrogen-bond acceptors (Lipinski definition) is 2. The number of methoxy groups -OCH3 is 1. The maximum Gasteiger partial charge on any atom is 0.315 e. The van der Waals surface area contributed by atoms with Crippen LogP contribution in [-0.2, 0) is 6.54 Å². The molecule has 0 radical (unpaired) electrons. The lowest BCUT2D eigenvalue weighted by Crippen LogP contribution is -2.36. The zero-order chi connectivity index (χ0) is 15.1. The van der Waals surface area contributed by atoms with E-state index in [1.807, 2.05) is 61.5 Å². The van der Waals surface area contributed by atoms with Crippen LogP contribution in [0.5, 0.6) is 5.75 Å². The molecule has 110 valence electrons. The molecule has 1 atom stereocenters. The maximum absolute atomic E-state index is 11.9. The molecule has 4 nitrogen and oxygen atoms in total. The Morgan fingerprint density at radius 2 is 1.76 bits per heavy atom. The molecular weight excluding hydrogens is 264 g/mol. The summed E-state index contributed by atoms with van der Waals surface area (Å²) in [4.78, 5) is 11.9. The predicted octanol–water partition coefficient (Wildman–Crippen LogP) is 3.26. The van der Waals surface area contributed by atoms with Crippen LogP contribution in [-0.4, -0.2) is 13.1 Å². The molecule has 0 bridgehead atoms. The average Bonchev–Trinajstić information content (AvgIpc) is 2.54.